The highest BCUT2D eigenvalue weighted by atomic mass is 127. The van der Waals surface area contributed by atoms with Gasteiger partial charge in [0.1, 0.15) is 0 Å². The standard InChI is InChI=1S/C9HF16I/c10-1(2(11)12)4(14,15)6(18,19)8(22,23)9(24,25)7(20,21)5(16,17)3(13)26/h3H. The van der Waals surface area contributed by atoms with Crippen LogP contribution in [0.5, 0.6) is 0 Å². The highest BCUT2D eigenvalue weighted by Crippen LogP contribution is 2.62. The predicted molar refractivity (Wildman–Crippen MR) is 58.9 cm³/mol. The maximum absolute atomic E-state index is 13.0. The third-order valence-electron chi connectivity index (χ3n) is 2.71. The number of hydrogen-bond acceptors (Lipinski definition) is 0. The van der Waals surface area contributed by atoms with Crippen molar-refractivity contribution in [1.82, 2.24) is 0 Å². The van der Waals surface area contributed by atoms with Crippen LogP contribution in [0, 0.1) is 0 Å². The molecule has 0 aromatic rings. The van der Waals surface area contributed by atoms with Crippen LogP contribution in [0.3, 0.4) is 0 Å². The Kier molecular flexibility index (Phi) is 6.58. The van der Waals surface area contributed by atoms with Gasteiger partial charge in [-0.3, -0.25) is 0 Å². The van der Waals surface area contributed by atoms with E-state index in [4.69, 9.17) is 0 Å². The summed E-state index contributed by atoms with van der Waals surface area (Å²) in [6, 6.07) is 0. The van der Waals surface area contributed by atoms with Crippen LogP contribution in [0.1, 0.15) is 0 Å². The fourth-order valence-corrected chi connectivity index (χ4v) is 1.59. The minimum atomic E-state index is -8.26. The van der Waals surface area contributed by atoms with Crippen LogP contribution in [0.15, 0.2) is 11.9 Å². The van der Waals surface area contributed by atoms with E-state index < -0.39 is 51.6 Å². The maximum Gasteiger partial charge on any atom is 0.385 e. The van der Waals surface area contributed by atoms with Crippen molar-refractivity contribution in [3.05, 3.63) is 11.9 Å². The molecule has 0 saturated heterocycles. The first-order valence-electron chi connectivity index (χ1n) is 5.31. The Bertz CT molecular complexity index is 556. The van der Waals surface area contributed by atoms with Gasteiger partial charge in [-0.15, -0.1) is 0 Å². The second kappa shape index (κ2) is 6.75. The summed E-state index contributed by atoms with van der Waals surface area (Å²) in [5.41, 5.74) is 0. The molecule has 0 amide bonds. The Morgan fingerprint density at radius 1 is 0.577 bits per heavy atom. The fraction of sp³-hybridized carbons (Fsp3) is 0.778. The molecule has 0 bridgehead atoms. The molecular formula is C9HF16I. The third-order valence-corrected chi connectivity index (χ3v) is 3.49. The lowest BCUT2D eigenvalue weighted by Gasteiger charge is -2.40. The van der Waals surface area contributed by atoms with Crippen molar-refractivity contribution in [1.29, 1.82) is 0 Å². The molecule has 0 aliphatic rings. The predicted octanol–water partition coefficient (Wildman–Crippen LogP) is 6.61. The first kappa shape index (κ1) is 25.3. The molecule has 0 radical (unpaired) electrons. The Balaban J connectivity index is 6.59. The number of alkyl halides is 14. The van der Waals surface area contributed by atoms with Gasteiger partial charge in [0.2, 0.25) is 10.0 Å². The van der Waals surface area contributed by atoms with E-state index in [1.165, 1.54) is 0 Å². The molecule has 0 rings (SSSR count). The Morgan fingerprint density at radius 2 is 0.885 bits per heavy atom. The Morgan fingerprint density at radius 3 is 1.15 bits per heavy atom. The molecule has 0 aliphatic heterocycles. The Labute approximate surface area is 145 Å². The minimum absolute atomic E-state index is 0.342. The van der Waals surface area contributed by atoms with Gasteiger partial charge in [0.05, 0.1) is 0 Å². The van der Waals surface area contributed by atoms with Gasteiger partial charge in [0.15, 0.2) is 0 Å². The van der Waals surface area contributed by atoms with Crippen LogP contribution in [-0.4, -0.2) is 39.7 Å². The molecule has 0 heterocycles. The lowest BCUT2D eigenvalue weighted by Crippen LogP contribution is -2.71. The van der Waals surface area contributed by atoms with Gasteiger partial charge in [0.25, 0.3) is 0 Å². The van der Waals surface area contributed by atoms with E-state index in [2.05, 4.69) is 0 Å². The molecule has 0 saturated carbocycles. The van der Waals surface area contributed by atoms with Gasteiger partial charge < -0.3 is 0 Å². The van der Waals surface area contributed by atoms with Crippen molar-refractivity contribution < 1.29 is 70.2 Å². The van der Waals surface area contributed by atoms with Crippen LogP contribution in [0.4, 0.5) is 70.2 Å². The van der Waals surface area contributed by atoms with Crippen molar-refractivity contribution in [2.45, 2.75) is 39.7 Å². The number of allylic oxidation sites excluding steroid dienone is 1. The van der Waals surface area contributed by atoms with E-state index in [9.17, 15) is 70.2 Å². The molecular weight excluding hydrogens is 539 g/mol. The van der Waals surface area contributed by atoms with Crippen LogP contribution in [0.25, 0.3) is 0 Å². The minimum Gasteiger partial charge on any atom is -0.229 e. The van der Waals surface area contributed by atoms with Crippen molar-refractivity contribution in [2.24, 2.45) is 0 Å². The number of halogens is 17. The molecule has 0 aromatic heterocycles. The average Bonchev–Trinajstić information content (AvgIpc) is 2.44. The molecule has 0 nitrogen and oxygen atoms in total. The Hall–Kier alpha value is -0.650. The molecule has 0 fully saturated rings. The second-order valence-electron chi connectivity index (χ2n) is 4.37. The number of hydrogen-bond donors (Lipinski definition) is 0. The second-order valence-corrected chi connectivity index (χ2v) is 5.46. The summed E-state index contributed by atoms with van der Waals surface area (Å²) in [4.78, 5) is 0. The first-order valence-corrected chi connectivity index (χ1v) is 6.56. The van der Waals surface area contributed by atoms with E-state index in [0.717, 1.165) is 0 Å². The summed E-state index contributed by atoms with van der Waals surface area (Å²) in [5.74, 6) is -51.3. The van der Waals surface area contributed by atoms with E-state index in [0.29, 0.717) is 0 Å². The molecule has 0 spiro atoms. The van der Waals surface area contributed by atoms with Gasteiger partial charge in [0, 0.05) is 0 Å². The van der Waals surface area contributed by atoms with E-state index in [1.807, 2.05) is 0 Å². The fourth-order valence-electron chi connectivity index (χ4n) is 1.19. The summed E-state index contributed by atoms with van der Waals surface area (Å²) in [5, 5.41) is 0. The van der Waals surface area contributed by atoms with Crippen molar-refractivity contribution >= 4 is 22.6 Å². The number of rotatable bonds is 7. The molecule has 0 N–H and O–H groups in total. The normalized spacial score (nSPS) is 16.5. The van der Waals surface area contributed by atoms with Gasteiger partial charge >= 0.3 is 41.6 Å². The highest BCUT2D eigenvalue weighted by molar-refractivity contribution is 14.1. The quantitative estimate of drug-likeness (QED) is 0.194. The summed E-state index contributed by atoms with van der Waals surface area (Å²) >= 11 is -0.342. The lowest BCUT2D eigenvalue weighted by molar-refractivity contribution is -0.423. The molecule has 26 heavy (non-hydrogen) atoms. The maximum atomic E-state index is 13.0. The zero-order valence-electron chi connectivity index (χ0n) is 11.0. The lowest BCUT2D eigenvalue weighted by atomic mass is 9.91. The van der Waals surface area contributed by atoms with Crippen molar-refractivity contribution in [2.75, 3.05) is 0 Å². The SMILES string of the molecule is FC(F)=C(F)C(F)(F)C(F)(F)C(F)(F)C(F)(F)C(F)(F)C(F)(F)C(F)I. The van der Waals surface area contributed by atoms with Crippen molar-refractivity contribution in [3.63, 3.8) is 0 Å². The summed E-state index contributed by atoms with van der Waals surface area (Å²) < 4.78 is 198. The van der Waals surface area contributed by atoms with Gasteiger partial charge in [-0.25, -0.2) is 4.39 Å². The molecule has 17 heteroatoms. The first-order chi connectivity index (χ1) is 11.0. The van der Waals surface area contributed by atoms with Gasteiger partial charge in [-0.2, -0.15) is 65.9 Å². The molecule has 0 aliphatic carbocycles. The molecule has 1 atom stereocenters. The summed E-state index contributed by atoms with van der Waals surface area (Å²) in [6.07, 6.45) is -4.41. The van der Waals surface area contributed by atoms with Crippen LogP contribution < -0.4 is 0 Å². The summed E-state index contributed by atoms with van der Waals surface area (Å²) in [6.45, 7) is 0. The van der Waals surface area contributed by atoms with Gasteiger partial charge in [-0.1, -0.05) is 0 Å². The van der Waals surface area contributed by atoms with Crippen molar-refractivity contribution in [3.8, 4) is 0 Å². The smallest absolute Gasteiger partial charge is 0.229 e. The van der Waals surface area contributed by atoms with E-state index in [-0.39, 0.29) is 22.6 Å². The third kappa shape index (κ3) is 3.20. The van der Waals surface area contributed by atoms with Gasteiger partial charge in [-0.05, 0) is 22.6 Å². The zero-order valence-corrected chi connectivity index (χ0v) is 13.2. The topological polar surface area (TPSA) is 0 Å². The van der Waals surface area contributed by atoms with E-state index in [1.54, 1.807) is 0 Å². The highest BCUT2D eigenvalue weighted by Gasteiger charge is 2.91. The largest absolute Gasteiger partial charge is 0.385 e. The van der Waals surface area contributed by atoms with Crippen LogP contribution in [0.2, 0.25) is 0 Å². The van der Waals surface area contributed by atoms with Crippen LogP contribution >= 0.6 is 22.6 Å². The van der Waals surface area contributed by atoms with E-state index >= 15 is 0 Å². The molecule has 156 valence electrons. The molecule has 1 unspecified atom stereocenters. The monoisotopic (exact) mass is 540 g/mol. The molecule has 0 aromatic carbocycles. The average molecular weight is 540 g/mol. The summed E-state index contributed by atoms with van der Waals surface area (Å²) in [7, 11) is 0. The zero-order chi connectivity index (χ0) is 21.7. The van der Waals surface area contributed by atoms with Crippen LogP contribution in [-0.2, 0) is 0 Å².